The highest BCUT2D eigenvalue weighted by Gasteiger charge is 2.16. The number of rotatable bonds is 0. The minimum Gasteiger partial charge on any atom is -0.387 e. The Kier molecular flexibility index (Phi) is 1.86. The smallest absolute Gasteiger partial charge is 0.103 e. The third-order valence-electron chi connectivity index (χ3n) is 1.72. The lowest BCUT2D eigenvalue weighted by Gasteiger charge is -2.22. The van der Waals surface area contributed by atoms with E-state index in [9.17, 15) is 0 Å². The van der Waals surface area contributed by atoms with Crippen LogP contribution in [-0.4, -0.2) is 31.3 Å². The minimum absolute atomic E-state index is 0.0243. The Bertz CT molecular complexity index is 66.9. The normalized spacial score (nSPS) is 39.8. The van der Waals surface area contributed by atoms with E-state index in [4.69, 9.17) is 5.11 Å². The molecule has 2 N–H and O–H groups in total. The lowest BCUT2D eigenvalue weighted by molar-refractivity contribution is -0.888. The van der Waals surface area contributed by atoms with Gasteiger partial charge in [0.2, 0.25) is 0 Å². The Morgan fingerprint density at radius 2 is 2.38 bits per heavy atom. The van der Waals surface area contributed by atoms with Gasteiger partial charge in [0.15, 0.2) is 0 Å². The van der Waals surface area contributed by atoms with Gasteiger partial charge in [-0.1, -0.05) is 0 Å². The molecule has 0 aromatic heterocycles. The third-order valence-corrected chi connectivity index (χ3v) is 1.72. The van der Waals surface area contributed by atoms with Crippen LogP contribution in [0.25, 0.3) is 0 Å². The summed E-state index contributed by atoms with van der Waals surface area (Å²) in [5.74, 6) is 0. The molecule has 0 spiro atoms. The van der Waals surface area contributed by atoms with E-state index in [1.807, 2.05) is 0 Å². The van der Waals surface area contributed by atoms with Gasteiger partial charge >= 0.3 is 0 Å². The number of aliphatic hydroxyl groups is 1. The summed E-state index contributed by atoms with van der Waals surface area (Å²) in [5.41, 5.74) is 0. The van der Waals surface area contributed by atoms with Gasteiger partial charge in [-0.3, -0.25) is 0 Å². The fourth-order valence-electron chi connectivity index (χ4n) is 1.25. The molecular formula is C6H14NO+. The molecule has 1 rings (SSSR count). The van der Waals surface area contributed by atoms with E-state index in [-0.39, 0.29) is 6.10 Å². The van der Waals surface area contributed by atoms with Gasteiger partial charge in [0.1, 0.15) is 12.6 Å². The van der Waals surface area contributed by atoms with Crippen LogP contribution in [0.15, 0.2) is 0 Å². The number of likely N-dealkylation sites (N-methyl/N-ethyl adjacent to an activating group) is 1. The van der Waals surface area contributed by atoms with Crippen molar-refractivity contribution < 1.29 is 10.0 Å². The maximum absolute atomic E-state index is 9.06. The van der Waals surface area contributed by atoms with E-state index in [1.54, 1.807) is 0 Å². The van der Waals surface area contributed by atoms with Gasteiger partial charge in [-0.05, 0) is 12.8 Å². The molecule has 0 aromatic carbocycles. The van der Waals surface area contributed by atoms with Gasteiger partial charge in [0.05, 0.1) is 13.6 Å². The summed E-state index contributed by atoms with van der Waals surface area (Å²) in [6.07, 6.45) is 2.17. The van der Waals surface area contributed by atoms with E-state index < -0.39 is 0 Å². The average Bonchev–Trinajstić information content (AvgIpc) is 1.64. The van der Waals surface area contributed by atoms with Gasteiger partial charge in [-0.2, -0.15) is 0 Å². The lowest BCUT2D eigenvalue weighted by atomic mass is 10.1. The van der Waals surface area contributed by atoms with Crippen LogP contribution >= 0.6 is 0 Å². The number of likely N-dealkylation sites (tertiary alicyclic amines) is 1. The predicted octanol–water partition coefficient (Wildman–Crippen LogP) is -1.34. The van der Waals surface area contributed by atoms with Crippen LogP contribution in [0.4, 0.5) is 0 Å². The number of quaternary nitrogens is 1. The molecule has 2 nitrogen and oxygen atoms in total. The van der Waals surface area contributed by atoms with E-state index >= 15 is 0 Å². The summed E-state index contributed by atoms with van der Waals surface area (Å²) in [6, 6.07) is 0. The largest absolute Gasteiger partial charge is 0.387 e. The summed E-state index contributed by atoms with van der Waals surface area (Å²) in [4.78, 5) is 1.46. The zero-order valence-electron chi connectivity index (χ0n) is 5.35. The second-order valence-electron chi connectivity index (χ2n) is 2.71. The van der Waals surface area contributed by atoms with Crippen molar-refractivity contribution in [1.29, 1.82) is 0 Å². The molecule has 1 aliphatic heterocycles. The molecule has 1 aliphatic rings. The van der Waals surface area contributed by atoms with E-state index in [1.165, 1.54) is 17.9 Å². The maximum atomic E-state index is 9.06. The molecule has 8 heavy (non-hydrogen) atoms. The standard InChI is InChI=1S/C6H13NO/c1-7-4-2-3-6(8)5-7/h6,8H,2-5H2,1H3/p+1/t6-/m0/s1. The predicted molar refractivity (Wildman–Crippen MR) is 31.9 cm³/mol. The van der Waals surface area contributed by atoms with E-state index in [0.717, 1.165) is 13.0 Å². The van der Waals surface area contributed by atoms with Crippen molar-refractivity contribution in [2.75, 3.05) is 20.1 Å². The summed E-state index contributed by atoms with van der Waals surface area (Å²) in [6.45, 7) is 2.18. The molecular weight excluding hydrogens is 102 g/mol. The summed E-state index contributed by atoms with van der Waals surface area (Å²) >= 11 is 0. The number of aliphatic hydroxyl groups excluding tert-OH is 1. The van der Waals surface area contributed by atoms with Crippen LogP contribution in [0.5, 0.6) is 0 Å². The van der Waals surface area contributed by atoms with Gasteiger partial charge in [0, 0.05) is 0 Å². The van der Waals surface area contributed by atoms with Crippen molar-refractivity contribution in [3.8, 4) is 0 Å². The summed E-state index contributed by atoms with van der Waals surface area (Å²) in [7, 11) is 2.13. The summed E-state index contributed by atoms with van der Waals surface area (Å²) in [5, 5.41) is 9.06. The van der Waals surface area contributed by atoms with Gasteiger partial charge < -0.3 is 10.0 Å². The van der Waals surface area contributed by atoms with Crippen molar-refractivity contribution in [2.24, 2.45) is 0 Å². The molecule has 0 radical (unpaired) electrons. The minimum atomic E-state index is -0.0243. The molecule has 2 heteroatoms. The van der Waals surface area contributed by atoms with Crippen molar-refractivity contribution in [1.82, 2.24) is 0 Å². The fraction of sp³-hybridized carbons (Fsp3) is 1.00. The van der Waals surface area contributed by atoms with Gasteiger partial charge in [-0.15, -0.1) is 0 Å². The lowest BCUT2D eigenvalue weighted by Crippen LogP contribution is -3.11. The number of hydrogen-bond acceptors (Lipinski definition) is 1. The number of piperidine rings is 1. The molecule has 48 valence electrons. The van der Waals surface area contributed by atoms with Crippen molar-refractivity contribution in [3.05, 3.63) is 0 Å². The van der Waals surface area contributed by atoms with Crippen molar-refractivity contribution in [3.63, 3.8) is 0 Å². The molecule has 0 amide bonds. The first-order chi connectivity index (χ1) is 3.79. The molecule has 1 unspecified atom stereocenters. The Balaban J connectivity index is 2.23. The van der Waals surface area contributed by atoms with E-state index in [0.29, 0.717) is 0 Å². The van der Waals surface area contributed by atoms with Gasteiger partial charge in [-0.25, -0.2) is 0 Å². The average molecular weight is 116 g/mol. The van der Waals surface area contributed by atoms with Crippen molar-refractivity contribution >= 4 is 0 Å². The zero-order valence-corrected chi connectivity index (χ0v) is 5.35. The fourth-order valence-corrected chi connectivity index (χ4v) is 1.25. The highest BCUT2D eigenvalue weighted by Crippen LogP contribution is 1.95. The Hall–Kier alpha value is -0.0800. The first-order valence-corrected chi connectivity index (χ1v) is 3.28. The molecule has 1 saturated heterocycles. The molecule has 1 fully saturated rings. The second kappa shape index (κ2) is 2.46. The van der Waals surface area contributed by atoms with Gasteiger partial charge in [0.25, 0.3) is 0 Å². The third kappa shape index (κ3) is 1.46. The Morgan fingerprint density at radius 3 is 2.75 bits per heavy atom. The quantitative estimate of drug-likeness (QED) is 0.402. The monoisotopic (exact) mass is 116 g/mol. The molecule has 0 aromatic rings. The summed E-state index contributed by atoms with van der Waals surface area (Å²) < 4.78 is 0. The zero-order chi connectivity index (χ0) is 5.98. The molecule has 0 saturated carbocycles. The van der Waals surface area contributed by atoms with Crippen molar-refractivity contribution in [2.45, 2.75) is 18.9 Å². The highest BCUT2D eigenvalue weighted by atomic mass is 16.3. The molecule has 1 heterocycles. The topological polar surface area (TPSA) is 24.7 Å². The Morgan fingerprint density at radius 1 is 1.62 bits per heavy atom. The molecule has 2 atom stereocenters. The van der Waals surface area contributed by atoms with Crippen LogP contribution in [0.1, 0.15) is 12.8 Å². The van der Waals surface area contributed by atoms with E-state index in [2.05, 4.69) is 7.05 Å². The first kappa shape index (κ1) is 6.05. The van der Waals surface area contributed by atoms with Crippen LogP contribution in [0.3, 0.4) is 0 Å². The second-order valence-corrected chi connectivity index (χ2v) is 2.71. The van der Waals surface area contributed by atoms with Crippen LogP contribution in [0, 0.1) is 0 Å². The van der Waals surface area contributed by atoms with Crippen LogP contribution in [0.2, 0.25) is 0 Å². The van der Waals surface area contributed by atoms with Crippen LogP contribution in [-0.2, 0) is 0 Å². The highest BCUT2D eigenvalue weighted by molar-refractivity contribution is 4.55. The SMILES string of the molecule is C[NH+]1CCC[C@H](O)C1. The molecule has 0 aliphatic carbocycles. The maximum Gasteiger partial charge on any atom is 0.103 e. The Labute approximate surface area is 50.1 Å². The number of hydrogen-bond donors (Lipinski definition) is 2. The van der Waals surface area contributed by atoms with Crippen LogP contribution < -0.4 is 4.90 Å². The first-order valence-electron chi connectivity index (χ1n) is 3.28. The molecule has 0 bridgehead atoms. The number of nitrogens with one attached hydrogen (secondary N) is 1.